The molecular formula is C13H23N5. The molecule has 2 heterocycles. The van der Waals surface area contributed by atoms with Gasteiger partial charge in [-0.1, -0.05) is 19.3 Å². The third kappa shape index (κ3) is 2.29. The summed E-state index contributed by atoms with van der Waals surface area (Å²) in [6.45, 7) is 3.91. The van der Waals surface area contributed by atoms with E-state index in [4.69, 9.17) is 5.73 Å². The highest BCUT2D eigenvalue weighted by Crippen LogP contribution is 2.28. The van der Waals surface area contributed by atoms with Crippen molar-refractivity contribution in [1.29, 1.82) is 0 Å². The molecule has 1 aromatic heterocycles. The number of fused-ring (bicyclic) bond motifs is 1. The van der Waals surface area contributed by atoms with Crippen LogP contribution < -0.4 is 5.73 Å². The predicted molar refractivity (Wildman–Crippen MR) is 69.8 cm³/mol. The van der Waals surface area contributed by atoms with Crippen molar-refractivity contribution in [3.05, 3.63) is 12.2 Å². The molecule has 3 rings (SSSR count). The first kappa shape index (κ1) is 12.1. The first-order valence-corrected chi connectivity index (χ1v) is 7.19. The van der Waals surface area contributed by atoms with Crippen LogP contribution in [0.15, 0.2) is 6.33 Å². The molecule has 0 amide bonds. The van der Waals surface area contributed by atoms with Crippen LogP contribution in [0, 0.1) is 5.92 Å². The van der Waals surface area contributed by atoms with Crippen molar-refractivity contribution in [1.82, 2.24) is 19.7 Å². The van der Waals surface area contributed by atoms with Crippen molar-refractivity contribution in [3.8, 4) is 0 Å². The molecule has 18 heavy (non-hydrogen) atoms. The number of aromatic nitrogens is 3. The zero-order chi connectivity index (χ0) is 12.4. The fourth-order valence-electron chi connectivity index (χ4n) is 3.49. The van der Waals surface area contributed by atoms with E-state index in [9.17, 15) is 0 Å². The van der Waals surface area contributed by atoms with Gasteiger partial charge in [0.1, 0.15) is 12.2 Å². The lowest BCUT2D eigenvalue weighted by Crippen LogP contribution is -2.46. The Balaban J connectivity index is 1.73. The minimum absolute atomic E-state index is 0.656. The maximum atomic E-state index is 5.98. The van der Waals surface area contributed by atoms with Crippen LogP contribution in [-0.2, 0) is 13.1 Å². The van der Waals surface area contributed by atoms with E-state index in [2.05, 4.69) is 19.7 Å². The molecule has 2 aliphatic rings. The lowest BCUT2D eigenvalue weighted by atomic mass is 9.93. The minimum atomic E-state index is 0.656. The van der Waals surface area contributed by atoms with E-state index in [0.717, 1.165) is 32.0 Å². The Bertz CT molecular complexity index is 388. The van der Waals surface area contributed by atoms with Crippen molar-refractivity contribution in [2.75, 3.05) is 13.1 Å². The van der Waals surface area contributed by atoms with E-state index >= 15 is 0 Å². The van der Waals surface area contributed by atoms with E-state index in [0.29, 0.717) is 12.0 Å². The Kier molecular flexibility index (Phi) is 3.61. The van der Waals surface area contributed by atoms with Crippen LogP contribution in [-0.4, -0.2) is 38.8 Å². The highest BCUT2D eigenvalue weighted by atomic mass is 15.3. The lowest BCUT2D eigenvalue weighted by molar-refractivity contribution is 0.103. The molecule has 2 N–H and O–H groups in total. The van der Waals surface area contributed by atoms with Gasteiger partial charge in [0.05, 0.1) is 6.54 Å². The minimum Gasteiger partial charge on any atom is -0.330 e. The van der Waals surface area contributed by atoms with Gasteiger partial charge in [0, 0.05) is 19.1 Å². The molecule has 1 aliphatic heterocycles. The molecule has 0 bridgehead atoms. The molecule has 2 atom stereocenters. The topological polar surface area (TPSA) is 60.0 Å². The summed E-state index contributed by atoms with van der Waals surface area (Å²) in [6.07, 6.45) is 8.52. The zero-order valence-electron chi connectivity index (χ0n) is 11.0. The van der Waals surface area contributed by atoms with E-state index in [1.807, 2.05) is 6.33 Å². The predicted octanol–water partition coefficient (Wildman–Crippen LogP) is 1.00. The summed E-state index contributed by atoms with van der Waals surface area (Å²) < 4.78 is 2.17. The summed E-state index contributed by atoms with van der Waals surface area (Å²) >= 11 is 0. The van der Waals surface area contributed by atoms with Crippen LogP contribution in [0.1, 0.15) is 37.9 Å². The Hall–Kier alpha value is -0.940. The summed E-state index contributed by atoms with van der Waals surface area (Å²) in [5.74, 6) is 1.78. The van der Waals surface area contributed by atoms with E-state index in [1.54, 1.807) is 0 Å². The van der Waals surface area contributed by atoms with Gasteiger partial charge in [-0.15, -0.1) is 10.2 Å². The second-order valence-corrected chi connectivity index (χ2v) is 5.61. The van der Waals surface area contributed by atoms with Crippen molar-refractivity contribution >= 4 is 0 Å². The highest BCUT2D eigenvalue weighted by Gasteiger charge is 2.30. The molecular weight excluding hydrogens is 226 g/mol. The third-order valence-electron chi connectivity index (χ3n) is 4.56. The van der Waals surface area contributed by atoms with Crippen molar-refractivity contribution in [3.63, 3.8) is 0 Å². The summed E-state index contributed by atoms with van der Waals surface area (Å²) in [7, 11) is 0. The average molecular weight is 249 g/mol. The Labute approximate surface area is 108 Å². The normalized spacial score (nSPS) is 29.8. The van der Waals surface area contributed by atoms with Crippen molar-refractivity contribution < 1.29 is 0 Å². The highest BCUT2D eigenvalue weighted by molar-refractivity contribution is 4.93. The fourth-order valence-corrected chi connectivity index (χ4v) is 3.49. The van der Waals surface area contributed by atoms with E-state index < -0.39 is 0 Å². The Morgan fingerprint density at radius 1 is 1.22 bits per heavy atom. The van der Waals surface area contributed by atoms with Gasteiger partial charge in [0.25, 0.3) is 0 Å². The molecule has 1 fully saturated rings. The molecule has 1 saturated carbocycles. The van der Waals surface area contributed by atoms with Gasteiger partial charge in [-0.25, -0.2) is 0 Å². The molecule has 2 unspecified atom stereocenters. The van der Waals surface area contributed by atoms with Crippen LogP contribution in [0.4, 0.5) is 0 Å². The second-order valence-electron chi connectivity index (χ2n) is 5.61. The fraction of sp³-hybridized carbons (Fsp3) is 0.846. The molecule has 5 heteroatoms. The van der Waals surface area contributed by atoms with Gasteiger partial charge >= 0.3 is 0 Å². The molecule has 0 spiro atoms. The summed E-state index contributed by atoms with van der Waals surface area (Å²) in [5.41, 5.74) is 5.98. The monoisotopic (exact) mass is 249 g/mol. The van der Waals surface area contributed by atoms with Gasteiger partial charge in [0.15, 0.2) is 0 Å². The maximum absolute atomic E-state index is 5.98. The second kappa shape index (κ2) is 5.36. The number of hydrogen-bond acceptors (Lipinski definition) is 4. The standard InChI is InChI=1S/C13H23N5/c14-8-11-4-2-1-3-5-12(11)17-6-7-18-10-15-16-13(18)9-17/h10-12H,1-9,14H2. The van der Waals surface area contributed by atoms with Crippen LogP contribution in [0.2, 0.25) is 0 Å². The third-order valence-corrected chi connectivity index (χ3v) is 4.56. The number of rotatable bonds is 2. The Morgan fingerprint density at radius 2 is 2.11 bits per heavy atom. The molecule has 1 aliphatic carbocycles. The molecule has 0 aromatic carbocycles. The van der Waals surface area contributed by atoms with Crippen LogP contribution in [0.3, 0.4) is 0 Å². The molecule has 1 aromatic rings. The van der Waals surface area contributed by atoms with E-state index in [-0.39, 0.29) is 0 Å². The quantitative estimate of drug-likeness (QED) is 0.794. The zero-order valence-corrected chi connectivity index (χ0v) is 11.0. The summed E-state index contributed by atoms with van der Waals surface area (Å²) in [5, 5.41) is 8.22. The molecule has 5 nitrogen and oxygen atoms in total. The smallest absolute Gasteiger partial charge is 0.147 e. The van der Waals surface area contributed by atoms with Gasteiger partial charge < -0.3 is 10.3 Å². The number of hydrogen-bond donors (Lipinski definition) is 1. The first-order valence-electron chi connectivity index (χ1n) is 7.19. The van der Waals surface area contributed by atoms with Gasteiger partial charge in [-0.2, -0.15) is 0 Å². The first-order chi connectivity index (χ1) is 8.88. The maximum Gasteiger partial charge on any atom is 0.147 e. The van der Waals surface area contributed by atoms with Crippen molar-refractivity contribution in [2.24, 2.45) is 11.7 Å². The largest absolute Gasteiger partial charge is 0.330 e. The number of nitrogens with two attached hydrogens (primary N) is 1. The van der Waals surface area contributed by atoms with Gasteiger partial charge in [-0.05, 0) is 25.3 Å². The Morgan fingerprint density at radius 3 is 3.00 bits per heavy atom. The van der Waals surface area contributed by atoms with E-state index in [1.165, 1.54) is 32.1 Å². The lowest BCUT2D eigenvalue weighted by Gasteiger charge is -2.38. The van der Waals surface area contributed by atoms with Crippen LogP contribution in [0.25, 0.3) is 0 Å². The van der Waals surface area contributed by atoms with Crippen LogP contribution >= 0.6 is 0 Å². The molecule has 100 valence electrons. The van der Waals surface area contributed by atoms with Gasteiger partial charge in [-0.3, -0.25) is 4.90 Å². The molecule has 0 saturated heterocycles. The SMILES string of the molecule is NCC1CCCCCC1N1CCn2cnnc2C1. The van der Waals surface area contributed by atoms with Gasteiger partial charge in [0.2, 0.25) is 0 Å². The average Bonchev–Trinajstić information content (AvgIpc) is 2.74. The van der Waals surface area contributed by atoms with Crippen molar-refractivity contribution in [2.45, 2.75) is 51.2 Å². The van der Waals surface area contributed by atoms with Crippen LogP contribution in [0.5, 0.6) is 0 Å². The summed E-state index contributed by atoms with van der Waals surface area (Å²) in [6, 6.07) is 0.656. The molecule has 0 radical (unpaired) electrons. The summed E-state index contributed by atoms with van der Waals surface area (Å²) in [4.78, 5) is 2.59. The number of nitrogens with zero attached hydrogens (tertiary/aromatic N) is 4.